The van der Waals surface area contributed by atoms with E-state index in [2.05, 4.69) is 9.97 Å². The number of fused-ring (bicyclic) bond motifs is 1. The highest BCUT2D eigenvalue weighted by Crippen LogP contribution is 2.20. The van der Waals surface area contributed by atoms with Crippen LogP contribution in [0.2, 0.25) is 0 Å². The first-order chi connectivity index (χ1) is 13.1. The molecule has 6 nitrogen and oxygen atoms in total. The largest absolute Gasteiger partial charge is 0.449 e. The maximum Gasteiger partial charge on any atom is 0.359 e. The molecule has 0 bridgehead atoms. The van der Waals surface area contributed by atoms with Gasteiger partial charge in [0, 0.05) is 34.5 Å². The molecular weight excluding hydrogens is 342 g/mol. The first-order valence-corrected chi connectivity index (χ1v) is 8.54. The lowest BCUT2D eigenvalue weighted by Crippen LogP contribution is -2.24. The summed E-state index contributed by atoms with van der Waals surface area (Å²) < 4.78 is 7.07. The average molecular weight is 359 g/mol. The van der Waals surface area contributed by atoms with Crippen LogP contribution in [0.1, 0.15) is 27.8 Å². The molecule has 0 saturated heterocycles. The summed E-state index contributed by atoms with van der Waals surface area (Å²) in [6.07, 6.45) is 3.85. The second kappa shape index (κ2) is 6.92. The number of nitrogens with one attached hydrogen (secondary N) is 1. The van der Waals surface area contributed by atoms with Crippen molar-refractivity contribution in [3.05, 3.63) is 84.6 Å². The molecule has 0 aliphatic carbocycles. The molecule has 0 amide bonds. The number of benzene rings is 2. The predicted octanol–water partition coefficient (Wildman–Crippen LogP) is 3.78. The van der Waals surface area contributed by atoms with E-state index in [0.29, 0.717) is 5.56 Å². The summed E-state index contributed by atoms with van der Waals surface area (Å²) in [5.74, 6) is -0.895. The molecule has 0 aliphatic rings. The van der Waals surface area contributed by atoms with Gasteiger partial charge in [-0.1, -0.05) is 36.4 Å². The topological polar surface area (TPSA) is 77.0 Å². The summed E-state index contributed by atoms with van der Waals surface area (Å²) in [7, 11) is 0. The van der Waals surface area contributed by atoms with Crippen LogP contribution in [0, 0.1) is 0 Å². The first-order valence-electron chi connectivity index (χ1n) is 8.54. The number of carbonyl (C=O) groups excluding carboxylic acids is 2. The fraction of sp³-hybridized carbons (Fsp3) is 0.0952. The molecule has 0 spiro atoms. The second-order valence-corrected chi connectivity index (χ2v) is 6.16. The van der Waals surface area contributed by atoms with Gasteiger partial charge in [-0.05, 0) is 25.1 Å². The van der Waals surface area contributed by atoms with Gasteiger partial charge >= 0.3 is 5.97 Å². The first kappa shape index (κ1) is 16.8. The third-order valence-electron chi connectivity index (χ3n) is 4.35. The number of H-pyrrole nitrogens is 1. The quantitative estimate of drug-likeness (QED) is 0.434. The fourth-order valence-electron chi connectivity index (χ4n) is 2.94. The van der Waals surface area contributed by atoms with Crippen LogP contribution in [0.25, 0.3) is 16.6 Å². The number of carbonyl (C=O) groups is 2. The molecule has 27 heavy (non-hydrogen) atoms. The molecule has 1 unspecified atom stereocenters. The van der Waals surface area contributed by atoms with Crippen LogP contribution in [0.4, 0.5) is 0 Å². The number of Topliss-reactive ketones (excluding diaryl/α,β-unsaturated/α-hetero) is 1. The fourth-order valence-corrected chi connectivity index (χ4v) is 2.94. The van der Waals surface area contributed by atoms with Crippen LogP contribution in [0.15, 0.2) is 73.3 Å². The lowest BCUT2D eigenvalue weighted by atomic mass is 10.1. The lowest BCUT2D eigenvalue weighted by Gasteiger charge is -2.10. The van der Waals surface area contributed by atoms with Crippen molar-refractivity contribution < 1.29 is 14.3 Å². The summed E-state index contributed by atoms with van der Waals surface area (Å²) >= 11 is 0. The van der Waals surface area contributed by atoms with Crippen LogP contribution in [-0.4, -0.2) is 32.4 Å². The molecule has 6 heteroatoms. The zero-order valence-corrected chi connectivity index (χ0v) is 14.6. The zero-order chi connectivity index (χ0) is 18.8. The van der Waals surface area contributed by atoms with E-state index in [1.165, 1.54) is 6.33 Å². The lowest BCUT2D eigenvalue weighted by molar-refractivity contribution is 0.0314. The maximum atomic E-state index is 12.7. The van der Waals surface area contributed by atoms with Crippen molar-refractivity contribution in [3.63, 3.8) is 0 Å². The highest BCUT2D eigenvalue weighted by Gasteiger charge is 2.23. The number of aromatic nitrogens is 3. The van der Waals surface area contributed by atoms with Crippen LogP contribution in [0.5, 0.6) is 0 Å². The number of hydrogen-bond donors (Lipinski definition) is 1. The van der Waals surface area contributed by atoms with Crippen molar-refractivity contribution in [3.8, 4) is 5.69 Å². The van der Waals surface area contributed by atoms with E-state index < -0.39 is 12.1 Å². The normalized spacial score (nSPS) is 12.0. The van der Waals surface area contributed by atoms with E-state index in [9.17, 15) is 9.59 Å². The van der Waals surface area contributed by atoms with Gasteiger partial charge in [0.1, 0.15) is 6.33 Å². The van der Waals surface area contributed by atoms with Crippen molar-refractivity contribution in [2.24, 2.45) is 0 Å². The number of nitrogens with zero attached hydrogens (tertiary/aromatic N) is 2. The Hall–Kier alpha value is -3.67. The Morgan fingerprint density at radius 2 is 1.81 bits per heavy atom. The van der Waals surface area contributed by atoms with Gasteiger partial charge in [0.25, 0.3) is 0 Å². The van der Waals surface area contributed by atoms with Gasteiger partial charge in [-0.25, -0.2) is 9.78 Å². The van der Waals surface area contributed by atoms with Gasteiger partial charge in [0.05, 0.1) is 0 Å². The molecule has 1 atom stereocenters. The smallest absolute Gasteiger partial charge is 0.359 e. The van der Waals surface area contributed by atoms with Crippen LogP contribution < -0.4 is 0 Å². The Morgan fingerprint density at radius 3 is 2.63 bits per heavy atom. The molecule has 2 aromatic carbocycles. The monoisotopic (exact) mass is 359 g/mol. The van der Waals surface area contributed by atoms with Crippen molar-refractivity contribution in [1.29, 1.82) is 0 Å². The number of hydrogen-bond acceptors (Lipinski definition) is 4. The molecule has 0 aliphatic heterocycles. The Kier molecular flexibility index (Phi) is 4.30. The average Bonchev–Trinajstić information content (AvgIpc) is 3.35. The molecule has 0 radical (unpaired) electrons. The minimum Gasteiger partial charge on any atom is -0.449 e. The Bertz CT molecular complexity index is 1110. The summed E-state index contributed by atoms with van der Waals surface area (Å²) in [5, 5.41) is 0.804. The third kappa shape index (κ3) is 3.25. The number of imidazole rings is 1. The number of esters is 1. The van der Waals surface area contributed by atoms with Gasteiger partial charge in [-0.15, -0.1) is 0 Å². The standard InChI is InChI=1S/C21H17N3O3/c1-14(20(25)17-11-22-18-10-6-5-9-16(17)18)27-21(26)19-12-24(13-23-19)15-7-3-2-4-8-15/h2-14,22H,1H3. The summed E-state index contributed by atoms with van der Waals surface area (Å²) in [5.41, 5.74) is 2.39. The molecule has 2 aromatic heterocycles. The molecule has 4 aromatic rings. The molecule has 1 N–H and O–H groups in total. The van der Waals surface area contributed by atoms with Crippen LogP contribution in [0.3, 0.4) is 0 Å². The van der Waals surface area contributed by atoms with E-state index in [1.54, 1.807) is 23.9 Å². The zero-order valence-electron chi connectivity index (χ0n) is 14.6. The SMILES string of the molecule is CC(OC(=O)c1cn(-c2ccccc2)cn1)C(=O)c1c[nH]c2ccccc12. The number of aromatic amines is 1. The number of ether oxygens (including phenoxy) is 1. The van der Waals surface area contributed by atoms with Gasteiger partial charge in [0.2, 0.25) is 5.78 Å². The Balaban J connectivity index is 1.49. The van der Waals surface area contributed by atoms with Gasteiger partial charge < -0.3 is 14.3 Å². The van der Waals surface area contributed by atoms with E-state index in [1.807, 2.05) is 54.6 Å². The number of para-hydroxylation sites is 2. The third-order valence-corrected chi connectivity index (χ3v) is 4.35. The minimum absolute atomic E-state index is 0.150. The molecule has 0 saturated carbocycles. The molecule has 134 valence electrons. The predicted molar refractivity (Wildman–Crippen MR) is 101 cm³/mol. The van der Waals surface area contributed by atoms with Crippen LogP contribution >= 0.6 is 0 Å². The highest BCUT2D eigenvalue weighted by molar-refractivity contribution is 6.10. The minimum atomic E-state index is -0.918. The van der Waals surface area contributed by atoms with E-state index >= 15 is 0 Å². The molecular formula is C21H17N3O3. The molecule has 2 heterocycles. The van der Waals surface area contributed by atoms with Crippen molar-refractivity contribution in [2.75, 3.05) is 0 Å². The Labute approximate surface area is 155 Å². The van der Waals surface area contributed by atoms with Gasteiger partial charge in [-0.3, -0.25) is 4.79 Å². The van der Waals surface area contributed by atoms with Crippen molar-refractivity contribution in [1.82, 2.24) is 14.5 Å². The van der Waals surface area contributed by atoms with Gasteiger partial charge in [-0.2, -0.15) is 0 Å². The Morgan fingerprint density at radius 1 is 1.07 bits per heavy atom. The highest BCUT2D eigenvalue weighted by atomic mass is 16.5. The van der Waals surface area contributed by atoms with E-state index in [0.717, 1.165) is 16.6 Å². The van der Waals surface area contributed by atoms with E-state index in [-0.39, 0.29) is 11.5 Å². The van der Waals surface area contributed by atoms with Gasteiger partial charge in [0.15, 0.2) is 11.8 Å². The van der Waals surface area contributed by atoms with Crippen molar-refractivity contribution >= 4 is 22.7 Å². The number of ketones is 1. The van der Waals surface area contributed by atoms with Crippen molar-refractivity contribution in [2.45, 2.75) is 13.0 Å². The summed E-state index contributed by atoms with van der Waals surface area (Å²) in [6.45, 7) is 1.57. The second-order valence-electron chi connectivity index (χ2n) is 6.16. The summed E-state index contributed by atoms with van der Waals surface area (Å²) in [4.78, 5) is 32.2. The molecule has 4 rings (SSSR count). The van der Waals surface area contributed by atoms with E-state index in [4.69, 9.17) is 4.74 Å². The van der Waals surface area contributed by atoms with Crippen LogP contribution in [-0.2, 0) is 4.74 Å². The molecule has 0 fully saturated rings. The number of rotatable bonds is 5. The maximum absolute atomic E-state index is 12.7. The summed E-state index contributed by atoms with van der Waals surface area (Å²) in [6, 6.07) is 17.0.